The van der Waals surface area contributed by atoms with Crippen molar-refractivity contribution < 1.29 is 4.74 Å². The lowest BCUT2D eigenvalue weighted by molar-refractivity contribution is 0.336. The molecule has 2 atom stereocenters. The number of hydrogen-bond donors (Lipinski definition) is 1. The second-order valence-electron chi connectivity index (χ2n) is 6.39. The van der Waals surface area contributed by atoms with E-state index >= 15 is 0 Å². The minimum absolute atomic E-state index is 0.418. The lowest BCUT2D eigenvalue weighted by atomic mass is 9.69. The predicted molar refractivity (Wildman–Crippen MR) is 84.7 cm³/mol. The quantitative estimate of drug-likeness (QED) is 0.863. The van der Waals surface area contributed by atoms with Crippen LogP contribution in [0.3, 0.4) is 0 Å². The van der Waals surface area contributed by atoms with Crippen LogP contribution in [0, 0.1) is 0 Å². The molecule has 1 heterocycles. The van der Waals surface area contributed by atoms with E-state index in [0.717, 1.165) is 37.2 Å². The number of para-hydroxylation sites is 1. The number of benzene rings is 2. The summed E-state index contributed by atoms with van der Waals surface area (Å²) in [6.45, 7) is 3.07. The summed E-state index contributed by atoms with van der Waals surface area (Å²) in [6.07, 6.45) is 3.10. The molecule has 108 valence electrons. The average molecular weight is 279 g/mol. The van der Waals surface area contributed by atoms with Gasteiger partial charge in [0.25, 0.3) is 0 Å². The van der Waals surface area contributed by atoms with Gasteiger partial charge in [-0.25, -0.2) is 0 Å². The van der Waals surface area contributed by atoms with E-state index in [1.165, 1.54) is 16.7 Å². The van der Waals surface area contributed by atoms with Crippen molar-refractivity contribution in [3.63, 3.8) is 0 Å². The van der Waals surface area contributed by atoms with Gasteiger partial charge >= 0.3 is 0 Å². The monoisotopic (exact) mass is 279 g/mol. The fraction of sp³-hybridized carbons (Fsp3) is 0.368. The highest BCUT2D eigenvalue weighted by Crippen LogP contribution is 2.47. The zero-order valence-corrected chi connectivity index (χ0v) is 12.4. The molecule has 2 aromatic carbocycles. The van der Waals surface area contributed by atoms with E-state index < -0.39 is 5.54 Å². The van der Waals surface area contributed by atoms with Crippen LogP contribution >= 0.6 is 0 Å². The van der Waals surface area contributed by atoms with Crippen LogP contribution in [0.2, 0.25) is 0 Å². The highest BCUT2D eigenvalue weighted by atomic mass is 16.5. The molecule has 0 aromatic heterocycles. The van der Waals surface area contributed by atoms with Gasteiger partial charge in [0.05, 0.1) is 12.1 Å². The van der Waals surface area contributed by atoms with Crippen molar-refractivity contribution in [1.29, 1.82) is 0 Å². The van der Waals surface area contributed by atoms with Gasteiger partial charge in [0, 0.05) is 12.0 Å². The third kappa shape index (κ3) is 1.82. The highest BCUT2D eigenvalue weighted by molar-refractivity contribution is 5.54. The van der Waals surface area contributed by atoms with Crippen molar-refractivity contribution in [3.05, 3.63) is 64.7 Å². The third-order valence-corrected chi connectivity index (χ3v) is 5.14. The first kappa shape index (κ1) is 12.9. The van der Waals surface area contributed by atoms with Crippen molar-refractivity contribution >= 4 is 0 Å². The van der Waals surface area contributed by atoms with Gasteiger partial charge < -0.3 is 10.5 Å². The molecular weight excluding hydrogens is 258 g/mol. The Hall–Kier alpha value is -1.80. The Morgan fingerprint density at radius 2 is 1.90 bits per heavy atom. The number of nitrogens with two attached hydrogens (primary N) is 1. The molecule has 2 aliphatic rings. The predicted octanol–water partition coefficient (Wildman–Crippen LogP) is 3.72. The van der Waals surface area contributed by atoms with E-state index in [1.807, 2.05) is 0 Å². The molecule has 0 bridgehead atoms. The molecule has 0 saturated heterocycles. The van der Waals surface area contributed by atoms with E-state index in [9.17, 15) is 0 Å². The summed E-state index contributed by atoms with van der Waals surface area (Å²) in [5, 5.41) is 0. The maximum atomic E-state index is 6.95. The SMILES string of the molecule is CC1CCC(N)(c2cccc3c2OCC3)c2ccccc21. The van der Waals surface area contributed by atoms with Crippen LogP contribution in [0.4, 0.5) is 0 Å². The third-order valence-electron chi connectivity index (χ3n) is 5.14. The smallest absolute Gasteiger partial charge is 0.128 e. The fourth-order valence-electron chi connectivity index (χ4n) is 3.91. The zero-order chi connectivity index (χ0) is 14.4. The molecule has 0 radical (unpaired) electrons. The van der Waals surface area contributed by atoms with Gasteiger partial charge in [-0.05, 0) is 35.4 Å². The summed E-state index contributed by atoms with van der Waals surface area (Å²) in [6, 6.07) is 15.1. The Morgan fingerprint density at radius 1 is 1.10 bits per heavy atom. The van der Waals surface area contributed by atoms with Crippen molar-refractivity contribution in [2.45, 2.75) is 37.6 Å². The first-order valence-electron chi connectivity index (χ1n) is 7.83. The highest BCUT2D eigenvalue weighted by Gasteiger charge is 2.39. The number of hydrogen-bond acceptors (Lipinski definition) is 2. The van der Waals surface area contributed by atoms with Crippen molar-refractivity contribution in [1.82, 2.24) is 0 Å². The topological polar surface area (TPSA) is 35.2 Å². The van der Waals surface area contributed by atoms with Crippen LogP contribution in [0.1, 0.15) is 47.9 Å². The minimum atomic E-state index is -0.418. The Labute approximate surface area is 125 Å². The van der Waals surface area contributed by atoms with Gasteiger partial charge in [-0.1, -0.05) is 49.4 Å². The second kappa shape index (κ2) is 4.60. The normalized spacial score (nSPS) is 26.9. The number of fused-ring (bicyclic) bond motifs is 2. The maximum Gasteiger partial charge on any atom is 0.128 e. The van der Waals surface area contributed by atoms with Crippen LogP contribution in [-0.4, -0.2) is 6.61 Å². The summed E-state index contributed by atoms with van der Waals surface area (Å²) in [7, 11) is 0. The Balaban J connectivity index is 1.93. The fourth-order valence-corrected chi connectivity index (χ4v) is 3.91. The minimum Gasteiger partial charge on any atom is -0.493 e. The van der Waals surface area contributed by atoms with E-state index in [-0.39, 0.29) is 0 Å². The lowest BCUT2D eigenvalue weighted by Crippen LogP contribution is -2.42. The molecule has 2 nitrogen and oxygen atoms in total. The molecule has 2 aromatic rings. The van der Waals surface area contributed by atoms with E-state index in [0.29, 0.717) is 5.92 Å². The Morgan fingerprint density at radius 3 is 2.81 bits per heavy atom. The molecule has 2 unspecified atom stereocenters. The Kier molecular flexibility index (Phi) is 2.83. The largest absolute Gasteiger partial charge is 0.493 e. The van der Waals surface area contributed by atoms with Gasteiger partial charge in [-0.15, -0.1) is 0 Å². The van der Waals surface area contributed by atoms with Crippen molar-refractivity contribution in [3.8, 4) is 5.75 Å². The molecule has 1 aliphatic heterocycles. The molecule has 21 heavy (non-hydrogen) atoms. The second-order valence-corrected chi connectivity index (χ2v) is 6.39. The van der Waals surface area contributed by atoms with E-state index in [1.54, 1.807) is 0 Å². The van der Waals surface area contributed by atoms with E-state index in [4.69, 9.17) is 10.5 Å². The first-order chi connectivity index (χ1) is 10.2. The number of ether oxygens (including phenoxy) is 1. The van der Waals surface area contributed by atoms with Crippen molar-refractivity contribution in [2.75, 3.05) is 6.61 Å². The molecule has 2 heteroatoms. The molecule has 2 N–H and O–H groups in total. The summed E-state index contributed by atoms with van der Waals surface area (Å²) >= 11 is 0. The summed E-state index contributed by atoms with van der Waals surface area (Å²) in [5.41, 5.74) is 11.7. The van der Waals surface area contributed by atoms with Crippen LogP contribution in [-0.2, 0) is 12.0 Å². The summed E-state index contributed by atoms with van der Waals surface area (Å²) < 4.78 is 5.91. The molecular formula is C19H21NO. The lowest BCUT2D eigenvalue weighted by Gasteiger charge is -2.39. The Bertz CT molecular complexity index is 694. The van der Waals surface area contributed by atoms with Crippen LogP contribution in [0.15, 0.2) is 42.5 Å². The molecule has 4 rings (SSSR count). The average Bonchev–Trinajstić information content (AvgIpc) is 3.00. The number of rotatable bonds is 1. The standard InChI is InChI=1S/C19H21NO/c1-13-9-11-19(20,16-7-3-2-6-15(13)16)17-8-4-5-14-10-12-21-18(14)17/h2-8,13H,9-12,20H2,1H3. The van der Waals surface area contributed by atoms with Gasteiger partial charge in [0.2, 0.25) is 0 Å². The molecule has 0 fully saturated rings. The van der Waals surface area contributed by atoms with Gasteiger partial charge in [-0.2, -0.15) is 0 Å². The van der Waals surface area contributed by atoms with Crippen LogP contribution in [0.25, 0.3) is 0 Å². The molecule has 0 amide bonds. The summed E-state index contributed by atoms with van der Waals surface area (Å²) in [4.78, 5) is 0. The molecule has 0 spiro atoms. The van der Waals surface area contributed by atoms with Crippen LogP contribution in [0.5, 0.6) is 5.75 Å². The van der Waals surface area contributed by atoms with E-state index in [2.05, 4.69) is 49.4 Å². The molecule has 0 saturated carbocycles. The summed E-state index contributed by atoms with van der Waals surface area (Å²) in [5.74, 6) is 1.61. The zero-order valence-electron chi connectivity index (χ0n) is 12.4. The maximum absolute atomic E-state index is 6.95. The van der Waals surface area contributed by atoms with Gasteiger partial charge in [0.15, 0.2) is 0 Å². The first-order valence-corrected chi connectivity index (χ1v) is 7.83. The van der Waals surface area contributed by atoms with Gasteiger partial charge in [0.1, 0.15) is 5.75 Å². The molecule has 1 aliphatic carbocycles. The van der Waals surface area contributed by atoms with Crippen LogP contribution < -0.4 is 10.5 Å². The van der Waals surface area contributed by atoms with Gasteiger partial charge in [-0.3, -0.25) is 0 Å². The van der Waals surface area contributed by atoms with Crippen molar-refractivity contribution in [2.24, 2.45) is 5.73 Å².